The van der Waals surface area contributed by atoms with Crippen LogP contribution in [0.25, 0.3) is 11.1 Å². The largest absolute Gasteiger partial charge is 0.478 e. The Bertz CT molecular complexity index is 954. The van der Waals surface area contributed by atoms with E-state index < -0.39 is 11.7 Å². The molecule has 1 aromatic heterocycles. The first-order valence-electron chi connectivity index (χ1n) is 8.57. The van der Waals surface area contributed by atoms with Gasteiger partial charge in [-0.25, -0.2) is 9.59 Å². The van der Waals surface area contributed by atoms with Gasteiger partial charge in [-0.1, -0.05) is 61.0 Å². The first-order valence-corrected chi connectivity index (χ1v) is 8.57. The molecule has 0 aliphatic carbocycles. The van der Waals surface area contributed by atoms with E-state index in [0.29, 0.717) is 24.4 Å². The number of carbonyl (C=O) groups is 1. The Morgan fingerprint density at radius 3 is 2.58 bits per heavy atom. The van der Waals surface area contributed by atoms with Gasteiger partial charge in [0.15, 0.2) is 5.82 Å². The van der Waals surface area contributed by atoms with Gasteiger partial charge in [0.25, 0.3) is 0 Å². The third-order valence-electron chi connectivity index (χ3n) is 4.28. The molecule has 0 radical (unpaired) electrons. The van der Waals surface area contributed by atoms with Crippen molar-refractivity contribution in [3.63, 3.8) is 0 Å². The molecule has 3 rings (SSSR count). The van der Waals surface area contributed by atoms with Crippen LogP contribution in [0.15, 0.2) is 57.8 Å². The van der Waals surface area contributed by atoms with E-state index in [0.717, 1.165) is 24.0 Å². The predicted octanol–water partition coefficient (Wildman–Crippen LogP) is 3.59. The van der Waals surface area contributed by atoms with Crippen molar-refractivity contribution < 1.29 is 14.4 Å². The van der Waals surface area contributed by atoms with E-state index in [2.05, 4.69) is 12.1 Å². The maximum Gasteiger partial charge on any atom is 0.441 e. The summed E-state index contributed by atoms with van der Waals surface area (Å²) in [6.45, 7) is 2.46. The quantitative estimate of drug-likeness (QED) is 0.702. The predicted molar refractivity (Wildman–Crippen MR) is 97.3 cm³/mol. The van der Waals surface area contributed by atoms with Gasteiger partial charge in [-0.05, 0) is 29.2 Å². The minimum atomic E-state index is -0.957. The second kappa shape index (κ2) is 7.82. The molecular formula is C20H20N2O4. The number of hydrogen-bond donors (Lipinski definition) is 1. The molecule has 6 nitrogen and oxygen atoms in total. The molecule has 0 saturated carbocycles. The fourth-order valence-electron chi connectivity index (χ4n) is 2.86. The first-order chi connectivity index (χ1) is 12.6. The summed E-state index contributed by atoms with van der Waals surface area (Å²) in [5.41, 5.74) is 2.66. The van der Waals surface area contributed by atoms with E-state index in [1.165, 1.54) is 4.57 Å². The molecule has 0 amide bonds. The van der Waals surface area contributed by atoms with Gasteiger partial charge < -0.3 is 5.11 Å². The summed E-state index contributed by atoms with van der Waals surface area (Å²) in [7, 11) is 0. The van der Waals surface area contributed by atoms with Crippen molar-refractivity contribution in [3.8, 4) is 11.1 Å². The fourth-order valence-corrected chi connectivity index (χ4v) is 2.86. The van der Waals surface area contributed by atoms with Crippen molar-refractivity contribution in [3.05, 3.63) is 76.0 Å². The Morgan fingerprint density at radius 2 is 1.88 bits per heavy atom. The number of aromatic carboxylic acids is 1. The van der Waals surface area contributed by atoms with Crippen molar-refractivity contribution in [1.82, 2.24) is 9.72 Å². The van der Waals surface area contributed by atoms with Gasteiger partial charge in [0.1, 0.15) is 0 Å². The van der Waals surface area contributed by atoms with E-state index in [9.17, 15) is 14.7 Å². The summed E-state index contributed by atoms with van der Waals surface area (Å²) in [5.74, 6) is -0.769. The molecule has 26 heavy (non-hydrogen) atoms. The Balaban J connectivity index is 1.85. The van der Waals surface area contributed by atoms with E-state index >= 15 is 0 Å². The molecule has 0 aliphatic heterocycles. The molecule has 2 aromatic carbocycles. The molecule has 1 heterocycles. The zero-order valence-electron chi connectivity index (χ0n) is 14.5. The monoisotopic (exact) mass is 352 g/mol. The van der Waals surface area contributed by atoms with Crippen molar-refractivity contribution in [1.29, 1.82) is 0 Å². The van der Waals surface area contributed by atoms with Crippen LogP contribution in [0.5, 0.6) is 0 Å². The van der Waals surface area contributed by atoms with Crippen molar-refractivity contribution in [2.45, 2.75) is 32.7 Å². The highest BCUT2D eigenvalue weighted by Gasteiger charge is 2.12. The van der Waals surface area contributed by atoms with E-state index in [1.54, 1.807) is 18.2 Å². The number of aromatic nitrogens is 2. The second-order valence-corrected chi connectivity index (χ2v) is 6.10. The molecule has 6 heteroatoms. The standard InChI is InChI=1S/C20H20N2O4/c1-2-3-8-18-21-26-20(25)22(18)13-14-9-11-15(12-10-14)16-6-4-5-7-17(16)19(23)24/h4-7,9-12H,2-3,8,13H2,1H3,(H,23,24). The van der Waals surface area contributed by atoms with Gasteiger partial charge in [0.2, 0.25) is 0 Å². The molecule has 0 unspecified atom stereocenters. The molecule has 1 N–H and O–H groups in total. The Kier molecular flexibility index (Phi) is 5.31. The molecule has 0 aliphatic rings. The molecule has 0 saturated heterocycles. The van der Waals surface area contributed by atoms with Crippen LogP contribution >= 0.6 is 0 Å². The van der Waals surface area contributed by atoms with Gasteiger partial charge in [-0.15, -0.1) is 0 Å². The van der Waals surface area contributed by atoms with Crippen molar-refractivity contribution in [2.24, 2.45) is 0 Å². The van der Waals surface area contributed by atoms with Crippen LogP contribution in [0, 0.1) is 0 Å². The number of hydrogen-bond acceptors (Lipinski definition) is 4. The maximum atomic E-state index is 11.9. The zero-order chi connectivity index (χ0) is 18.5. The lowest BCUT2D eigenvalue weighted by Crippen LogP contribution is -2.18. The molecule has 0 spiro atoms. The van der Waals surface area contributed by atoms with Gasteiger partial charge in [-0.3, -0.25) is 9.09 Å². The summed E-state index contributed by atoms with van der Waals surface area (Å²) in [4.78, 5) is 23.3. The van der Waals surface area contributed by atoms with Crippen molar-refractivity contribution >= 4 is 5.97 Å². The van der Waals surface area contributed by atoms with E-state index in [1.807, 2.05) is 30.3 Å². The molecule has 0 fully saturated rings. The van der Waals surface area contributed by atoms with Gasteiger partial charge in [0, 0.05) is 6.42 Å². The Morgan fingerprint density at radius 1 is 1.15 bits per heavy atom. The second-order valence-electron chi connectivity index (χ2n) is 6.10. The number of nitrogens with zero attached hydrogens (tertiary/aromatic N) is 2. The van der Waals surface area contributed by atoms with Crippen LogP contribution < -0.4 is 5.76 Å². The zero-order valence-corrected chi connectivity index (χ0v) is 14.5. The minimum Gasteiger partial charge on any atom is -0.478 e. The normalized spacial score (nSPS) is 10.8. The van der Waals surface area contributed by atoms with Gasteiger partial charge in [-0.2, -0.15) is 0 Å². The third-order valence-corrected chi connectivity index (χ3v) is 4.28. The minimum absolute atomic E-state index is 0.261. The number of unbranched alkanes of at least 4 members (excludes halogenated alkanes) is 1. The summed E-state index contributed by atoms with van der Waals surface area (Å²) >= 11 is 0. The average Bonchev–Trinajstić information content (AvgIpc) is 3.00. The van der Waals surface area contributed by atoms with Crippen LogP contribution in [0.2, 0.25) is 0 Å². The Hall–Kier alpha value is -3.15. The number of aryl methyl sites for hydroxylation is 1. The molecular weight excluding hydrogens is 332 g/mol. The van der Waals surface area contributed by atoms with Crippen LogP contribution in [-0.4, -0.2) is 20.8 Å². The number of carboxylic acids is 1. The van der Waals surface area contributed by atoms with E-state index in [-0.39, 0.29) is 5.56 Å². The smallest absolute Gasteiger partial charge is 0.441 e. The van der Waals surface area contributed by atoms with Crippen molar-refractivity contribution in [2.75, 3.05) is 0 Å². The summed E-state index contributed by atoms with van der Waals surface area (Å²) in [6, 6.07) is 14.4. The van der Waals surface area contributed by atoms with Crippen LogP contribution in [0.4, 0.5) is 0 Å². The lowest BCUT2D eigenvalue weighted by molar-refractivity contribution is 0.0697. The highest BCUT2D eigenvalue weighted by atomic mass is 16.5. The summed E-state index contributed by atoms with van der Waals surface area (Å²) in [6.07, 6.45) is 2.65. The molecule has 3 aromatic rings. The highest BCUT2D eigenvalue weighted by molar-refractivity contribution is 5.95. The average molecular weight is 352 g/mol. The lowest BCUT2D eigenvalue weighted by Gasteiger charge is -2.08. The van der Waals surface area contributed by atoms with Crippen LogP contribution in [0.1, 0.15) is 41.5 Å². The first kappa shape index (κ1) is 17.7. The summed E-state index contributed by atoms with van der Waals surface area (Å²) < 4.78 is 6.33. The fraction of sp³-hybridized carbons (Fsp3) is 0.250. The molecule has 134 valence electrons. The SMILES string of the molecule is CCCCc1noc(=O)n1Cc1ccc(-c2ccccc2C(=O)O)cc1. The third kappa shape index (κ3) is 3.74. The Labute approximate surface area is 150 Å². The lowest BCUT2D eigenvalue weighted by atomic mass is 9.99. The number of carboxylic acid groups (broad SMARTS) is 1. The van der Waals surface area contributed by atoms with E-state index in [4.69, 9.17) is 4.52 Å². The van der Waals surface area contributed by atoms with Gasteiger partial charge >= 0.3 is 11.7 Å². The maximum absolute atomic E-state index is 11.9. The highest BCUT2D eigenvalue weighted by Crippen LogP contribution is 2.24. The molecule has 0 bridgehead atoms. The van der Waals surface area contributed by atoms with Crippen LogP contribution in [0.3, 0.4) is 0 Å². The van der Waals surface area contributed by atoms with Gasteiger partial charge in [0.05, 0.1) is 12.1 Å². The summed E-state index contributed by atoms with van der Waals surface area (Å²) in [5, 5.41) is 13.2. The number of benzene rings is 2. The topological polar surface area (TPSA) is 85.3 Å². The van der Waals surface area contributed by atoms with Crippen LogP contribution in [-0.2, 0) is 13.0 Å². The number of rotatable bonds is 7. The molecule has 0 atom stereocenters.